The largest absolute Gasteiger partial charge is 0.368 e. The van der Waals surface area contributed by atoms with Crippen LogP contribution in [0.25, 0.3) is 0 Å². The lowest BCUT2D eigenvalue weighted by molar-refractivity contribution is -0.122. The first kappa shape index (κ1) is 20.1. The predicted molar refractivity (Wildman–Crippen MR) is 110 cm³/mol. The summed E-state index contributed by atoms with van der Waals surface area (Å²) in [7, 11) is 0. The van der Waals surface area contributed by atoms with Gasteiger partial charge in [0.2, 0.25) is 5.91 Å². The van der Waals surface area contributed by atoms with Gasteiger partial charge in [0.1, 0.15) is 11.6 Å². The summed E-state index contributed by atoms with van der Waals surface area (Å²) in [6, 6.07) is 10.1. The van der Waals surface area contributed by atoms with Crippen LogP contribution in [0.3, 0.4) is 0 Å². The highest BCUT2D eigenvalue weighted by atomic mass is 19.1. The van der Waals surface area contributed by atoms with E-state index in [2.05, 4.69) is 20.1 Å². The minimum atomic E-state index is -0.453. The third-order valence-corrected chi connectivity index (χ3v) is 5.01. The van der Waals surface area contributed by atoms with Gasteiger partial charge >= 0.3 is 0 Å². The topological polar surface area (TPSA) is 74.5 Å². The van der Waals surface area contributed by atoms with Gasteiger partial charge in [-0.15, -0.1) is 0 Å². The van der Waals surface area contributed by atoms with Crippen LogP contribution in [0.5, 0.6) is 0 Å². The van der Waals surface area contributed by atoms with E-state index in [9.17, 15) is 9.18 Å². The number of hydrogen-bond acceptors (Lipinski definition) is 5. The summed E-state index contributed by atoms with van der Waals surface area (Å²) in [6.07, 6.45) is 3.35. The van der Waals surface area contributed by atoms with Crippen molar-refractivity contribution >= 4 is 17.4 Å². The van der Waals surface area contributed by atoms with Crippen LogP contribution in [0.4, 0.5) is 15.9 Å². The highest BCUT2D eigenvalue weighted by Gasteiger charge is 2.19. The SMILES string of the molecule is CCCC(N)C(=O)NCc1ccnc(N2CCN(c3ccc(F)cc3)CC2)c1. The number of piperazine rings is 1. The fourth-order valence-corrected chi connectivity index (χ4v) is 3.35. The molecule has 2 heterocycles. The van der Waals surface area contributed by atoms with Crippen LogP contribution in [0.1, 0.15) is 25.3 Å². The molecule has 1 fully saturated rings. The van der Waals surface area contributed by atoms with Gasteiger partial charge in [-0.3, -0.25) is 4.79 Å². The molecule has 150 valence electrons. The van der Waals surface area contributed by atoms with Crippen molar-refractivity contribution in [2.75, 3.05) is 36.0 Å². The molecule has 6 nitrogen and oxygen atoms in total. The van der Waals surface area contributed by atoms with Crippen molar-refractivity contribution in [3.8, 4) is 0 Å². The van der Waals surface area contributed by atoms with Crippen molar-refractivity contribution < 1.29 is 9.18 Å². The van der Waals surface area contributed by atoms with E-state index in [1.807, 2.05) is 31.2 Å². The number of aromatic nitrogens is 1. The Kier molecular flexibility index (Phi) is 6.81. The number of anilines is 2. The Balaban J connectivity index is 1.54. The van der Waals surface area contributed by atoms with Crippen LogP contribution < -0.4 is 20.9 Å². The normalized spacial score (nSPS) is 15.4. The zero-order chi connectivity index (χ0) is 19.9. The Hall–Kier alpha value is -2.67. The molecule has 0 saturated carbocycles. The second-order valence-corrected chi connectivity index (χ2v) is 7.09. The molecule has 3 rings (SSSR count). The van der Waals surface area contributed by atoms with Crippen molar-refractivity contribution in [3.63, 3.8) is 0 Å². The fourth-order valence-electron chi connectivity index (χ4n) is 3.35. The van der Waals surface area contributed by atoms with Gasteiger partial charge in [-0.2, -0.15) is 0 Å². The second kappa shape index (κ2) is 9.50. The molecule has 1 aliphatic rings. The highest BCUT2D eigenvalue weighted by molar-refractivity contribution is 5.81. The maximum atomic E-state index is 13.1. The standard InChI is InChI=1S/C21H28FN5O/c1-2-3-19(23)21(28)25-15-16-8-9-24-20(14-16)27-12-10-26(11-13-27)18-6-4-17(22)5-7-18/h4-9,14,19H,2-3,10-13,15,23H2,1H3,(H,25,28). The first-order chi connectivity index (χ1) is 13.6. The van der Waals surface area contributed by atoms with E-state index in [1.54, 1.807) is 6.20 Å². The van der Waals surface area contributed by atoms with Crippen molar-refractivity contribution in [2.24, 2.45) is 5.73 Å². The molecule has 28 heavy (non-hydrogen) atoms. The molecule has 1 aromatic heterocycles. The molecular weight excluding hydrogens is 357 g/mol. The highest BCUT2D eigenvalue weighted by Crippen LogP contribution is 2.20. The lowest BCUT2D eigenvalue weighted by atomic mass is 10.1. The lowest BCUT2D eigenvalue weighted by Crippen LogP contribution is -2.46. The molecule has 2 aromatic rings. The molecule has 1 aromatic carbocycles. The van der Waals surface area contributed by atoms with E-state index in [0.29, 0.717) is 13.0 Å². The first-order valence-corrected chi connectivity index (χ1v) is 9.80. The van der Waals surface area contributed by atoms with Gasteiger partial charge in [-0.05, 0) is 48.4 Å². The number of carbonyl (C=O) groups is 1. The zero-order valence-electron chi connectivity index (χ0n) is 16.3. The first-order valence-electron chi connectivity index (χ1n) is 9.80. The van der Waals surface area contributed by atoms with E-state index in [0.717, 1.165) is 49.7 Å². The van der Waals surface area contributed by atoms with Gasteiger partial charge in [0, 0.05) is 44.6 Å². The molecule has 0 spiro atoms. The van der Waals surface area contributed by atoms with Gasteiger partial charge in [0.15, 0.2) is 0 Å². The second-order valence-electron chi connectivity index (χ2n) is 7.09. The van der Waals surface area contributed by atoms with Crippen molar-refractivity contribution in [1.29, 1.82) is 0 Å². The van der Waals surface area contributed by atoms with Crippen LogP contribution >= 0.6 is 0 Å². The minimum absolute atomic E-state index is 0.117. The molecule has 1 aliphatic heterocycles. The lowest BCUT2D eigenvalue weighted by Gasteiger charge is -2.36. The Labute approximate surface area is 165 Å². The molecule has 1 saturated heterocycles. The van der Waals surface area contributed by atoms with Crippen LogP contribution in [-0.4, -0.2) is 43.1 Å². The van der Waals surface area contributed by atoms with Gasteiger partial charge in [0.05, 0.1) is 6.04 Å². The number of benzene rings is 1. The third-order valence-electron chi connectivity index (χ3n) is 5.01. The van der Waals surface area contributed by atoms with Gasteiger partial charge in [-0.1, -0.05) is 13.3 Å². The van der Waals surface area contributed by atoms with Crippen LogP contribution in [0, 0.1) is 5.82 Å². The summed E-state index contributed by atoms with van der Waals surface area (Å²) in [6.45, 7) is 5.82. The fraction of sp³-hybridized carbons (Fsp3) is 0.429. The van der Waals surface area contributed by atoms with Crippen LogP contribution in [0.2, 0.25) is 0 Å². The van der Waals surface area contributed by atoms with E-state index < -0.39 is 6.04 Å². The molecule has 3 N–H and O–H groups in total. The van der Waals surface area contributed by atoms with Gasteiger partial charge in [-0.25, -0.2) is 9.37 Å². The molecule has 7 heteroatoms. The number of nitrogens with zero attached hydrogens (tertiary/aromatic N) is 3. The average molecular weight is 385 g/mol. The predicted octanol–water partition coefficient (Wildman–Crippen LogP) is 2.29. The monoisotopic (exact) mass is 385 g/mol. The number of halogens is 1. The molecule has 1 atom stereocenters. The number of amides is 1. The van der Waals surface area contributed by atoms with E-state index >= 15 is 0 Å². The minimum Gasteiger partial charge on any atom is -0.368 e. The van der Waals surface area contributed by atoms with Gasteiger partial charge < -0.3 is 20.9 Å². The van der Waals surface area contributed by atoms with Crippen molar-refractivity contribution in [2.45, 2.75) is 32.4 Å². The third kappa shape index (κ3) is 5.19. The Morgan fingerprint density at radius 3 is 2.54 bits per heavy atom. The van der Waals surface area contributed by atoms with E-state index in [1.165, 1.54) is 12.1 Å². The molecular formula is C21H28FN5O. The van der Waals surface area contributed by atoms with Crippen molar-refractivity contribution in [1.82, 2.24) is 10.3 Å². The zero-order valence-corrected chi connectivity index (χ0v) is 16.3. The summed E-state index contributed by atoms with van der Waals surface area (Å²) in [5.41, 5.74) is 7.89. The maximum Gasteiger partial charge on any atom is 0.237 e. The molecule has 0 radical (unpaired) electrons. The van der Waals surface area contributed by atoms with Crippen LogP contribution in [0.15, 0.2) is 42.6 Å². The molecule has 0 aliphatic carbocycles. The summed E-state index contributed by atoms with van der Waals surface area (Å²) in [5, 5.41) is 2.90. The number of nitrogens with two attached hydrogens (primary N) is 1. The number of hydrogen-bond donors (Lipinski definition) is 2. The Morgan fingerprint density at radius 2 is 1.86 bits per heavy atom. The summed E-state index contributed by atoms with van der Waals surface area (Å²) in [4.78, 5) is 21.0. The molecule has 1 amide bonds. The summed E-state index contributed by atoms with van der Waals surface area (Å²) in [5.74, 6) is 0.572. The van der Waals surface area contributed by atoms with E-state index in [-0.39, 0.29) is 11.7 Å². The average Bonchev–Trinajstić information content (AvgIpc) is 2.73. The summed E-state index contributed by atoms with van der Waals surface area (Å²) >= 11 is 0. The molecule has 0 bridgehead atoms. The van der Waals surface area contributed by atoms with E-state index in [4.69, 9.17) is 5.73 Å². The summed E-state index contributed by atoms with van der Waals surface area (Å²) < 4.78 is 13.1. The number of pyridine rings is 1. The number of nitrogens with one attached hydrogen (secondary N) is 1. The molecule has 1 unspecified atom stereocenters. The quantitative estimate of drug-likeness (QED) is 0.765. The smallest absolute Gasteiger partial charge is 0.237 e. The number of rotatable bonds is 7. The Bertz CT molecular complexity index is 775. The Morgan fingerprint density at radius 1 is 1.18 bits per heavy atom. The van der Waals surface area contributed by atoms with Crippen LogP contribution in [-0.2, 0) is 11.3 Å². The number of carbonyl (C=O) groups excluding carboxylic acids is 1. The van der Waals surface area contributed by atoms with Gasteiger partial charge in [0.25, 0.3) is 0 Å². The maximum absolute atomic E-state index is 13.1. The van der Waals surface area contributed by atoms with Crippen molar-refractivity contribution in [3.05, 3.63) is 54.0 Å².